The molecule has 0 radical (unpaired) electrons. The average molecular weight is 385 g/mol. The van der Waals surface area contributed by atoms with Crippen molar-refractivity contribution in [1.82, 2.24) is 10.3 Å². The van der Waals surface area contributed by atoms with Crippen LogP contribution in [0.2, 0.25) is 5.02 Å². The number of hydrogen-bond donors (Lipinski definition) is 2. The van der Waals surface area contributed by atoms with Crippen LogP contribution in [0.3, 0.4) is 0 Å². The smallest absolute Gasteiger partial charge is 0.172 e. The molecule has 0 aliphatic rings. The van der Waals surface area contributed by atoms with Crippen LogP contribution in [0.25, 0.3) is 0 Å². The van der Waals surface area contributed by atoms with E-state index in [4.69, 9.17) is 23.8 Å². The third-order valence-electron chi connectivity index (χ3n) is 2.98. The summed E-state index contributed by atoms with van der Waals surface area (Å²) in [5.74, 6) is 0.551. The van der Waals surface area contributed by atoms with Crippen LogP contribution in [0, 0.1) is 6.92 Å². The molecular weight excluding hydrogens is 370 g/mol. The molecule has 2 N–H and O–H groups in total. The molecule has 2 aromatic rings. The second kappa shape index (κ2) is 7.20. The normalized spacial score (nSPS) is 11.8. The average Bonchev–Trinajstić information content (AvgIpc) is 2.45. The van der Waals surface area contributed by atoms with Gasteiger partial charge in [0, 0.05) is 4.47 Å². The molecule has 0 fully saturated rings. The molecule has 110 valence electrons. The molecule has 1 aromatic heterocycles. The Kier molecular flexibility index (Phi) is 5.56. The number of anilines is 1. The summed E-state index contributed by atoms with van der Waals surface area (Å²) < 4.78 is 0.870. The zero-order valence-corrected chi connectivity index (χ0v) is 14.8. The second-order valence-electron chi connectivity index (χ2n) is 4.62. The summed E-state index contributed by atoms with van der Waals surface area (Å²) >= 11 is 14.9. The maximum Gasteiger partial charge on any atom is 0.172 e. The highest BCUT2D eigenvalue weighted by atomic mass is 79.9. The van der Waals surface area contributed by atoms with Crippen LogP contribution in [0.5, 0.6) is 0 Å². The molecule has 0 aliphatic carbocycles. The highest BCUT2D eigenvalue weighted by Gasteiger charge is 2.10. The van der Waals surface area contributed by atoms with Crippen LogP contribution in [0.1, 0.15) is 24.2 Å². The first-order valence-corrected chi connectivity index (χ1v) is 8.00. The number of nitrogens with zero attached hydrogens (tertiary/aromatic N) is 1. The summed E-state index contributed by atoms with van der Waals surface area (Å²) in [5, 5.41) is 7.26. The van der Waals surface area contributed by atoms with Gasteiger partial charge < -0.3 is 10.6 Å². The number of nitrogens with one attached hydrogen (secondary N) is 2. The number of pyridine rings is 1. The zero-order chi connectivity index (χ0) is 15.4. The van der Waals surface area contributed by atoms with Gasteiger partial charge in [0.05, 0.1) is 16.8 Å². The van der Waals surface area contributed by atoms with E-state index < -0.39 is 0 Å². The lowest BCUT2D eigenvalue weighted by Gasteiger charge is -2.17. The molecule has 0 saturated heterocycles. The summed E-state index contributed by atoms with van der Waals surface area (Å²) in [6.07, 6.45) is 0. The topological polar surface area (TPSA) is 37.0 Å². The van der Waals surface area contributed by atoms with Gasteiger partial charge in [0.15, 0.2) is 10.9 Å². The van der Waals surface area contributed by atoms with Crippen LogP contribution in [0.15, 0.2) is 40.9 Å². The molecule has 2 rings (SSSR count). The quantitative estimate of drug-likeness (QED) is 0.742. The number of rotatable bonds is 3. The molecule has 1 atom stereocenters. The summed E-state index contributed by atoms with van der Waals surface area (Å²) in [6.45, 7) is 3.94. The highest BCUT2D eigenvalue weighted by molar-refractivity contribution is 9.10. The van der Waals surface area contributed by atoms with E-state index in [0.29, 0.717) is 16.0 Å². The number of halogens is 2. The van der Waals surface area contributed by atoms with Crippen molar-refractivity contribution in [3.05, 3.63) is 57.2 Å². The van der Waals surface area contributed by atoms with Crippen LogP contribution in [-0.4, -0.2) is 10.1 Å². The van der Waals surface area contributed by atoms with Crippen molar-refractivity contribution in [2.24, 2.45) is 0 Å². The third-order valence-corrected chi connectivity index (χ3v) is 4.29. The molecule has 0 amide bonds. The zero-order valence-electron chi connectivity index (χ0n) is 11.7. The van der Waals surface area contributed by atoms with Gasteiger partial charge in [-0.25, -0.2) is 4.98 Å². The number of aryl methyl sites for hydroxylation is 1. The molecule has 1 unspecified atom stereocenters. The summed E-state index contributed by atoms with van der Waals surface area (Å²) in [5.41, 5.74) is 2.01. The first kappa shape index (κ1) is 16.2. The Hall–Kier alpha value is -1.17. The molecule has 0 aliphatic heterocycles. The van der Waals surface area contributed by atoms with Crippen molar-refractivity contribution in [1.29, 1.82) is 0 Å². The minimum atomic E-state index is 0.0986. The van der Waals surface area contributed by atoms with Gasteiger partial charge in [0.25, 0.3) is 0 Å². The van der Waals surface area contributed by atoms with Gasteiger partial charge in [-0.3, -0.25) is 0 Å². The lowest BCUT2D eigenvalue weighted by Crippen LogP contribution is -2.31. The SMILES string of the molecule is Cc1nc(NC(=S)NC(C)c2ccccc2)c(Cl)cc1Br. The van der Waals surface area contributed by atoms with E-state index >= 15 is 0 Å². The van der Waals surface area contributed by atoms with E-state index in [-0.39, 0.29) is 6.04 Å². The number of aromatic nitrogens is 1. The summed E-state index contributed by atoms with van der Waals surface area (Å²) in [6, 6.07) is 12.0. The van der Waals surface area contributed by atoms with Crippen molar-refractivity contribution < 1.29 is 0 Å². The molecular formula is C15H15BrClN3S. The molecule has 6 heteroatoms. The Morgan fingerprint density at radius 2 is 2.00 bits per heavy atom. The highest BCUT2D eigenvalue weighted by Crippen LogP contribution is 2.26. The van der Waals surface area contributed by atoms with Crippen molar-refractivity contribution in [2.45, 2.75) is 19.9 Å². The Labute approximate surface area is 143 Å². The summed E-state index contributed by atoms with van der Waals surface area (Å²) in [7, 11) is 0. The number of hydrogen-bond acceptors (Lipinski definition) is 2. The fraction of sp³-hybridized carbons (Fsp3) is 0.200. The van der Waals surface area contributed by atoms with E-state index in [9.17, 15) is 0 Å². The maximum absolute atomic E-state index is 6.16. The molecule has 21 heavy (non-hydrogen) atoms. The maximum atomic E-state index is 6.16. The van der Waals surface area contributed by atoms with Crippen LogP contribution in [0.4, 0.5) is 5.82 Å². The minimum absolute atomic E-state index is 0.0986. The van der Waals surface area contributed by atoms with Crippen molar-refractivity contribution in [3.63, 3.8) is 0 Å². The standard InChI is InChI=1S/C15H15BrClN3S/c1-9(11-6-4-3-5-7-11)19-15(21)20-14-13(17)8-12(16)10(2)18-14/h3-9H,1-2H3,(H2,18,19,20,21). The molecule has 0 spiro atoms. The number of benzene rings is 1. The van der Waals surface area contributed by atoms with Gasteiger partial charge in [-0.15, -0.1) is 0 Å². The fourth-order valence-electron chi connectivity index (χ4n) is 1.81. The number of thiocarbonyl (C=S) groups is 1. The van der Waals surface area contributed by atoms with Crippen LogP contribution >= 0.6 is 39.7 Å². The van der Waals surface area contributed by atoms with Gasteiger partial charge in [0.2, 0.25) is 0 Å². The predicted octanol–water partition coefficient (Wildman–Crippen LogP) is 4.85. The van der Waals surface area contributed by atoms with E-state index in [2.05, 4.69) is 43.7 Å². The monoisotopic (exact) mass is 383 g/mol. The molecule has 3 nitrogen and oxygen atoms in total. The van der Waals surface area contributed by atoms with Gasteiger partial charge >= 0.3 is 0 Å². The van der Waals surface area contributed by atoms with Crippen LogP contribution in [-0.2, 0) is 0 Å². The van der Waals surface area contributed by atoms with Gasteiger partial charge in [0.1, 0.15) is 0 Å². The lowest BCUT2D eigenvalue weighted by atomic mass is 10.1. The fourth-order valence-corrected chi connectivity index (χ4v) is 2.73. The first-order valence-electron chi connectivity index (χ1n) is 6.42. The van der Waals surface area contributed by atoms with Crippen molar-refractivity contribution in [2.75, 3.05) is 5.32 Å². The third kappa shape index (κ3) is 4.40. The van der Waals surface area contributed by atoms with Crippen LogP contribution < -0.4 is 10.6 Å². The minimum Gasteiger partial charge on any atom is -0.356 e. The van der Waals surface area contributed by atoms with Crippen molar-refractivity contribution in [3.8, 4) is 0 Å². The Morgan fingerprint density at radius 3 is 2.67 bits per heavy atom. The molecule has 1 heterocycles. The predicted molar refractivity (Wildman–Crippen MR) is 95.9 cm³/mol. The molecule has 1 aromatic carbocycles. The van der Waals surface area contributed by atoms with Gasteiger partial charge in [-0.1, -0.05) is 41.9 Å². The van der Waals surface area contributed by atoms with Crippen molar-refractivity contribution >= 4 is 50.7 Å². The first-order chi connectivity index (χ1) is 9.97. The van der Waals surface area contributed by atoms with E-state index in [1.807, 2.05) is 32.0 Å². The Morgan fingerprint density at radius 1 is 1.33 bits per heavy atom. The Bertz CT molecular complexity index is 649. The summed E-state index contributed by atoms with van der Waals surface area (Å²) in [4.78, 5) is 4.37. The molecule has 0 saturated carbocycles. The Balaban J connectivity index is 2.04. The second-order valence-corrected chi connectivity index (χ2v) is 6.29. The van der Waals surface area contributed by atoms with Gasteiger partial charge in [-0.05, 0) is 53.6 Å². The van der Waals surface area contributed by atoms with E-state index in [0.717, 1.165) is 15.7 Å². The van der Waals surface area contributed by atoms with Gasteiger partial charge in [-0.2, -0.15) is 0 Å². The largest absolute Gasteiger partial charge is 0.356 e. The van der Waals surface area contributed by atoms with E-state index in [1.54, 1.807) is 6.07 Å². The molecule has 0 bridgehead atoms. The lowest BCUT2D eigenvalue weighted by molar-refractivity contribution is 0.722. The van der Waals surface area contributed by atoms with E-state index in [1.165, 1.54) is 0 Å².